The Morgan fingerprint density at radius 2 is 2.36 bits per heavy atom. The molecule has 2 aromatic rings. The highest BCUT2D eigenvalue weighted by Crippen LogP contribution is 2.11. The maximum Gasteiger partial charge on any atom is 0.143 e. The van der Waals surface area contributed by atoms with Gasteiger partial charge in [0.15, 0.2) is 0 Å². The fourth-order valence-corrected chi connectivity index (χ4v) is 1.000. The van der Waals surface area contributed by atoms with Crippen LogP contribution in [0.25, 0.3) is 11.0 Å². The van der Waals surface area contributed by atoms with E-state index >= 15 is 0 Å². The van der Waals surface area contributed by atoms with Gasteiger partial charge in [-0.15, -0.1) is 0 Å². The molecule has 1 N–H and O–H groups in total. The predicted octanol–water partition coefficient (Wildman–Crippen LogP) is 1.41. The molecular weight excluding hydrogens is 145 g/mol. The molecular formula is C7H6FN3. The standard InChI is InChI=1S/C7H6FN3/c1-4-7-6(11-10-4)2-5(8)3-9-7/h2-3H,1H3,(H,10,11). The summed E-state index contributed by atoms with van der Waals surface area (Å²) < 4.78 is 12.5. The van der Waals surface area contributed by atoms with Crippen LogP contribution in [0.15, 0.2) is 12.3 Å². The number of rotatable bonds is 0. The van der Waals surface area contributed by atoms with Gasteiger partial charge < -0.3 is 0 Å². The third-order valence-corrected chi connectivity index (χ3v) is 1.53. The first kappa shape index (κ1) is 6.27. The number of hydrogen-bond acceptors (Lipinski definition) is 2. The Morgan fingerprint density at radius 1 is 1.55 bits per heavy atom. The molecule has 0 aromatic carbocycles. The normalized spacial score (nSPS) is 10.7. The number of nitrogens with zero attached hydrogens (tertiary/aromatic N) is 2. The first-order valence-electron chi connectivity index (χ1n) is 3.23. The van der Waals surface area contributed by atoms with Crippen LogP contribution in [0.5, 0.6) is 0 Å². The van der Waals surface area contributed by atoms with Crippen LogP contribution in [-0.2, 0) is 0 Å². The van der Waals surface area contributed by atoms with Crippen LogP contribution in [0.2, 0.25) is 0 Å². The Labute approximate surface area is 62.3 Å². The number of hydrogen-bond donors (Lipinski definition) is 1. The highest BCUT2D eigenvalue weighted by atomic mass is 19.1. The molecule has 2 rings (SSSR count). The molecule has 0 bridgehead atoms. The van der Waals surface area contributed by atoms with E-state index in [9.17, 15) is 4.39 Å². The molecule has 0 radical (unpaired) electrons. The quantitative estimate of drug-likeness (QED) is 0.618. The smallest absolute Gasteiger partial charge is 0.143 e. The van der Waals surface area contributed by atoms with Crippen LogP contribution in [-0.4, -0.2) is 15.2 Å². The lowest BCUT2D eigenvalue weighted by Crippen LogP contribution is -1.79. The van der Waals surface area contributed by atoms with E-state index in [0.29, 0.717) is 5.52 Å². The van der Waals surface area contributed by atoms with Crippen LogP contribution in [0.1, 0.15) is 5.69 Å². The van der Waals surface area contributed by atoms with Crippen molar-refractivity contribution in [2.75, 3.05) is 0 Å². The first-order valence-corrected chi connectivity index (χ1v) is 3.23. The molecule has 0 aliphatic heterocycles. The van der Waals surface area contributed by atoms with Crippen LogP contribution in [0.3, 0.4) is 0 Å². The van der Waals surface area contributed by atoms with E-state index in [4.69, 9.17) is 0 Å². The Morgan fingerprint density at radius 3 is 3.18 bits per heavy atom. The van der Waals surface area contributed by atoms with Gasteiger partial charge in [-0.3, -0.25) is 5.10 Å². The fourth-order valence-electron chi connectivity index (χ4n) is 1.000. The van der Waals surface area contributed by atoms with Crippen molar-refractivity contribution < 1.29 is 4.39 Å². The molecule has 56 valence electrons. The van der Waals surface area contributed by atoms with Crippen LogP contribution >= 0.6 is 0 Å². The molecule has 3 nitrogen and oxygen atoms in total. The van der Waals surface area contributed by atoms with Crippen LogP contribution in [0, 0.1) is 12.7 Å². The van der Waals surface area contributed by atoms with E-state index in [1.807, 2.05) is 6.92 Å². The van der Waals surface area contributed by atoms with E-state index in [-0.39, 0.29) is 5.82 Å². The van der Waals surface area contributed by atoms with Crippen molar-refractivity contribution in [2.24, 2.45) is 0 Å². The molecule has 0 unspecified atom stereocenters. The first-order chi connectivity index (χ1) is 5.27. The topological polar surface area (TPSA) is 41.6 Å². The summed E-state index contributed by atoms with van der Waals surface area (Å²) in [6.07, 6.45) is 1.19. The lowest BCUT2D eigenvalue weighted by molar-refractivity contribution is 0.624. The summed E-state index contributed by atoms with van der Waals surface area (Å²) in [5.74, 6) is -0.357. The Bertz CT molecular complexity index is 393. The summed E-state index contributed by atoms with van der Waals surface area (Å²) in [6, 6.07) is 1.35. The number of aromatic amines is 1. The average Bonchev–Trinajstić information content (AvgIpc) is 2.32. The molecule has 0 aliphatic carbocycles. The number of pyridine rings is 1. The van der Waals surface area contributed by atoms with Crippen molar-refractivity contribution in [1.29, 1.82) is 0 Å². The van der Waals surface area contributed by atoms with E-state index in [2.05, 4.69) is 15.2 Å². The third kappa shape index (κ3) is 0.869. The summed E-state index contributed by atoms with van der Waals surface area (Å²) in [4.78, 5) is 3.87. The number of nitrogens with one attached hydrogen (secondary N) is 1. The lowest BCUT2D eigenvalue weighted by atomic mass is 10.3. The minimum atomic E-state index is -0.357. The Hall–Kier alpha value is -1.45. The van der Waals surface area contributed by atoms with Crippen molar-refractivity contribution in [1.82, 2.24) is 15.2 Å². The predicted molar refractivity (Wildman–Crippen MR) is 38.6 cm³/mol. The van der Waals surface area contributed by atoms with Gasteiger partial charge in [-0.05, 0) is 6.92 Å². The molecule has 11 heavy (non-hydrogen) atoms. The number of halogens is 1. The van der Waals surface area contributed by atoms with E-state index in [1.165, 1.54) is 12.3 Å². The van der Waals surface area contributed by atoms with Gasteiger partial charge in [-0.2, -0.15) is 5.10 Å². The minimum Gasteiger partial charge on any atom is -0.280 e. The number of aromatic nitrogens is 3. The monoisotopic (exact) mass is 151 g/mol. The molecule has 0 spiro atoms. The van der Waals surface area contributed by atoms with Gasteiger partial charge in [0.1, 0.15) is 16.9 Å². The highest BCUT2D eigenvalue weighted by Gasteiger charge is 2.02. The molecule has 0 atom stereocenters. The Kier molecular flexibility index (Phi) is 1.15. The summed E-state index contributed by atoms with van der Waals surface area (Å²) in [6.45, 7) is 1.85. The van der Waals surface area contributed by atoms with E-state index in [0.717, 1.165) is 11.2 Å². The second-order valence-electron chi connectivity index (χ2n) is 2.37. The summed E-state index contributed by atoms with van der Waals surface area (Å²) in [5.41, 5.74) is 2.16. The second-order valence-corrected chi connectivity index (χ2v) is 2.37. The van der Waals surface area contributed by atoms with Crippen LogP contribution in [0.4, 0.5) is 4.39 Å². The van der Waals surface area contributed by atoms with Gasteiger partial charge in [-0.1, -0.05) is 0 Å². The average molecular weight is 151 g/mol. The van der Waals surface area contributed by atoms with Crippen molar-refractivity contribution in [3.05, 3.63) is 23.8 Å². The molecule has 0 amide bonds. The van der Waals surface area contributed by atoms with Crippen LogP contribution < -0.4 is 0 Å². The largest absolute Gasteiger partial charge is 0.280 e. The number of aryl methyl sites for hydroxylation is 1. The van der Waals surface area contributed by atoms with Gasteiger partial charge in [0.2, 0.25) is 0 Å². The van der Waals surface area contributed by atoms with Gasteiger partial charge in [0, 0.05) is 6.07 Å². The molecule has 2 aromatic heterocycles. The highest BCUT2D eigenvalue weighted by molar-refractivity contribution is 5.76. The zero-order chi connectivity index (χ0) is 7.84. The second kappa shape index (κ2) is 2.02. The van der Waals surface area contributed by atoms with Crippen molar-refractivity contribution in [3.8, 4) is 0 Å². The maximum absolute atomic E-state index is 12.5. The maximum atomic E-state index is 12.5. The van der Waals surface area contributed by atoms with Crippen molar-refractivity contribution in [2.45, 2.75) is 6.92 Å². The minimum absolute atomic E-state index is 0.357. The zero-order valence-electron chi connectivity index (χ0n) is 5.93. The third-order valence-electron chi connectivity index (χ3n) is 1.53. The van der Waals surface area contributed by atoms with E-state index < -0.39 is 0 Å². The molecule has 2 heterocycles. The van der Waals surface area contributed by atoms with Gasteiger partial charge in [-0.25, -0.2) is 9.37 Å². The Balaban J connectivity index is 2.86. The molecule has 0 aliphatic rings. The summed E-state index contributed by atoms with van der Waals surface area (Å²) in [5, 5.41) is 6.58. The summed E-state index contributed by atoms with van der Waals surface area (Å²) in [7, 11) is 0. The lowest BCUT2D eigenvalue weighted by Gasteiger charge is -1.87. The van der Waals surface area contributed by atoms with Gasteiger partial charge >= 0.3 is 0 Å². The SMILES string of the molecule is Cc1[nH]nc2cc(F)cnc12. The molecule has 0 fully saturated rings. The van der Waals surface area contributed by atoms with E-state index in [1.54, 1.807) is 0 Å². The summed E-state index contributed by atoms with van der Waals surface area (Å²) >= 11 is 0. The number of fused-ring (bicyclic) bond motifs is 1. The molecule has 4 heteroatoms. The van der Waals surface area contributed by atoms with Crippen molar-refractivity contribution >= 4 is 11.0 Å². The van der Waals surface area contributed by atoms with Gasteiger partial charge in [0.25, 0.3) is 0 Å². The van der Waals surface area contributed by atoms with Crippen molar-refractivity contribution in [3.63, 3.8) is 0 Å². The molecule has 0 saturated heterocycles. The van der Waals surface area contributed by atoms with Gasteiger partial charge in [0.05, 0.1) is 11.9 Å². The number of H-pyrrole nitrogens is 1. The molecule has 0 saturated carbocycles. The fraction of sp³-hybridized carbons (Fsp3) is 0.143. The zero-order valence-corrected chi connectivity index (χ0v) is 5.93.